The summed E-state index contributed by atoms with van der Waals surface area (Å²) in [5.74, 6) is 1.82. The number of benzene rings is 1. The number of nitrogens with zero attached hydrogens (tertiary/aromatic N) is 4. The zero-order valence-electron chi connectivity index (χ0n) is 14.8. The van der Waals surface area contributed by atoms with E-state index in [9.17, 15) is 13.6 Å². The van der Waals surface area contributed by atoms with Crippen molar-refractivity contribution in [1.82, 2.24) is 25.0 Å². The van der Waals surface area contributed by atoms with Gasteiger partial charge in [-0.05, 0) is 25.0 Å². The van der Waals surface area contributed by atoms with Gasteiger partial charge in [0.15, 0.2) is 0 Å². The van der Waals surface area contributed by atoms with Crippen LogP contribution in [0.15, 0.2) is 24.3 Å². The number of rotatable bonds is 4. The van der Waals surface area contributed by atoms with Gasteiger partial charge in [-0.25, -0.2) is 0 Å². The van der Waals surface area contributed by atoms with Crippen molar-refractivity contribution in [1.29, 1.82) is 0 Å². The zero-order chi connectivity index (χ0) is 18.8. The molecule has 0 aliphatic carbocycles. The number of likely N-dealkylation sites (tertiary alicyclic amines) is 1. The Balaban J connectivity index is 1.44. The average molecular weight is 377 g/mol. The van der Waals surface area contributed by atoms with E-state index in [1.54, 1.807) is 17.0 Å². The van der Waals surface area contributed by atoms with E-state index in [1.165, 1.54) is 12.1 Å². The molecule has 3 heterocycles. The lowest BCUT2D eigenvalue weighted by atomic mass is 9.95. The molecule has 27 heavy (non-hydrogen) atoms. The SMILES string of the molecule is O=C(c1ccccc1OC(F)F)N1CCC(c2nnc3n2CCNC3)CC1. The summed E-state index contributed by atoms with van der Waals surface area (Å²) in [5, 5.41) is 11.9. The van der Waals surface area contributed by atoms with Gasteiger partial charge >= 0.3 is 6.61 Å². The van der Waals surface area contributed by atoms with Crippen molar-refractivity contribution in [3.05, 3.63) is 41.5 Å². The lowest BCUT2D eigenvalue weighted by Gasteiger charge is -2.32. The molecule has 1 saturated heterocycles. The Morgan fingerprint density at radius 2 is 1.96 bits per heavy atom. The Morgan fingerprint density at radius 3 is 2.74 bits per heavy atom. The van der Waals surface area contributed by atoms with Crippen molar-refractivity contribution >= 4 is 5.91 Å². The summed E-state index contributed by atoms with van der Waals surface area (Å²) in [5.41, 5.74) is 0.169. The highest BCUT2D eigenvalue weighted by Crippen LogP contribution is 2.30. The largest absolute Gasteiger partial charge is 0.434 e. The van der Waals surface area contributed by atoms with Gasteiger partial charge in [0.1, 0.15) is 17.4 Å². The molecule has 0 spiro atoms. The molecule has 144 valence electrons. The first-order chi connectivity index (χ1) is 13.1. The van der Waals surface area contributed by atoms with Gasteiger partial charge in [-0.2, -0.15) is 8.78 Å². The molecule has 1 fully saturated rings. The Labute approximate surface area is 155 Å². The van der Waals surface area contributed by atoms with Crippen molar-refractivity contribution in [3.8, 4) is 5.75 Å². The van der Waals surface area contributed by atoms with Gasteiger partial charge in [0.05, 0.1) is 12.1 Å². The maximum absolute atomic E-state index is 12.8. The second-order valence-electron chi connectivity index (χ2n) is 6.74. The van der Waals surface area contributed by atoms with Gasteiger partial charge in [-0.1, -0.05) is 12.1 Å². The molecule has 2 aliphatic rings. The fraction of sp³-hybridized carbons (Fsp3) is 0.500. The number of para-hydroxylation sites is 1. The molecule has 4 rings (SSSR count). The van der Waals surface area contributed by atoms with E-state index in [0.29, 0.717) is 13.1 Å². The number of fused-ring (bicyclic) bond motifs is 1. The Kier molecular flexibility index (Phi) is 5.02. The van der Waals surface area contributed by atoms with Crippen molar-refractivity contribution in [2.45, 2.75) is 38.5 Å². The van der Waals surface area contributed by atoms with E-state index in [2.05, 4.69) is 24.8 Å². The minimum atomic E-state index is -2.96. The third kappa shape index (κ3) is 3.64. The number of amides is 1. The van der Waals surface area contributed by atoms with Gasteiger partial charge in [0.25, 0.3) is 5.91 Å². The second-order valence-corrected chi connectivity index (χ2v) is 6.74. The van der Waals surface area contributed by atoms with Crippen LogP contribution < -0.4 is 10.1 Å². The minimum Gasteiger partial charge on any atom is -0.434 e. The van der Waals surface area contributed by atoms with E-state index in [-0.39, 0.29) is 23.1 Å². The normalized spacial score (nSPS) is 17.8. The Hall–Kier alpha value is -2.55. The van der Waals surface area contributed by atoms with Gasteiger partial charge < -0.3 is 19.5 Å². The first kappa shape index (κ1) is 17.8. The fourth-order valence-corrected chi connectivity index (χ4v) is 3.77. The number of ether oxygens (including phenoxy) is 1. The van der Waals surface area contributed by atoms with Gasteiger partial charge in [0, 0.05) is 32.1 Å². The maximum Gasteiger partial charge on any atom is 0.387 e. The van der Waals surface area contributed by atoms with Crippen LogP contribution >= 0.6 is 0 Å². The number of piperidine rings is 1. The number of aromatic nitrogens is 3. The predicted octanol–water partition coefficient (Wildman–Crippen LogP) is 2.00. The zero-order valence-corrected chi connectivity index (χ0v) is 14.8. The first-order valence-corrected chi connectivity index (χ1v) is 9.09. The molecule has 1 aromatic carbocycles. The highest BCUT2D eigenvalue weighted by atomic mass is 19.3. The highest BCUT2D eigenvalue weighted by Gasteiger charge is 2.30. The van der Waals surface area contributed by atoms with Crippen LogP contribution in [0.4, 0.5) is 8.78 Å². The molecule has 0 bridgehead atoms. The molecular weight excluding hydrogens is 356 g/mol. The Bertz CT molecular complexity index is 818. The smallest absolute Gasteiger partial charge is 0.387 e. The third-order valence-electron chi connectivity index (χ3n) is 5.13. The second kappa shape index (κ2) is 7.59. The van der Waals surface area contributed by atoms with Crippen LogP contribution in [-0.2, 0) is 13.1 Å². The summed E-state index contributed by atoms with van der Waals surface area (Å²) in [6, 6.07) is 6.13. The average Bonchev–Trinajstić information content (AvgIpc) is 3.12. The molecule has 2 aliphatic heterocycles. The summed E-state index contributed by atoms with van der Waals surface area (Å²) in [6.07, 6.45) is 1.55. The van der Waals surface area contributed by atoms with Crippen LogP contribution in [0.1, 0.15) is 40.8 Å². The molecule has 9 heteroatoms. The summed E-state index contributed by atoms with van der Waals surface area (Å²) in [4.78, 5) is 14.5. The number of halogens is 2. The number of alkyl halides is 2. The minimum absolute atomic E-state index is 0.0846. The molecule has 2 aromatic rings. The number of carbonyl (C=O) groups excluding carboxylic acids is 1. The van der Waals surface area contributed by atoms with E-state index in [1.807, 2.05) is 0 Å². The molecule has 0 radical (unpaired) electrons. The quantitative estimate of drug-likeness (QED) is 0.883. The van der Waals surface area contributed by atoms with E-state index in [4.69, 9.17) is 0 Å². The van der Waals surface area contributed by atoms with Crippen LogP contribution in [-0.4, -0.2) is 51.8 Å². The first-order valence-electron chi connectivity index (χ1n) is 9.09. The number of carbonyl (C=O) groups is 1. The van der Waals surface area contributed by atoms with Crippen LogP contribution in [0.3, 0.4) is 0 Å². The molecular formula is C18H21F2N5O2. The van der Waals surface area contributed by atoms with Crippen molar-refractivity contribution in [3.63, 3.8) is 0 Å². The van der Waals surface area contributed by atoms with Crippen LogP contribution in [0.5, 0.6) is 5.75 Å². The molecule has 1 aromatic heterocycles. The van der Waals surface area contributed by atoms with Gasteiger partial charge in [-0.3, -0.25) is 4.79 Å². The monoisotopic (exact) mass is 377 g/mol. The standard InChI is InChI=1S/C18H21F2N5O2/c19-18(20)27-14-4-2-1-3-13(14)17(26)24-8-5-12(6-9-24)16-23-22-15-11-21-7-10-25(15)16/h1-4,12,18,21H,5-11H2. The van der Waals surface area contributed by atoms with Crippen LogP contribution in [0, 0.1) is 0 Å². The molecule has 7 nitrogen and oxygen atoms in total. The molecule has 1 N–H and O–H groups in total. The van der Waals surface area contributed by atoms with Crippen LogP contribution in [0.25, 0.3) is 0 Å². The molecule has 0 atom stereocenters. The number of hydrogen-bond donors (Lipinski definition) is 1. The number of nitrogens with one attached hydrogen (secondary N) is 1. The fourth-order valence-electron chi connectivity index (χ4n) is 3.77. The van der Waals surface area contributed by atoms with Gasteiger partial charge in [-0.15, -0.1) is 10.2 Å². The lowest BCUT2D eigenvalue weighted by Crippen LogP contribution is -2.39. The van der Waals surface area contributed by atoms with E-state index < -0.39 is 6.61 Å². The van der Waals surface area contributed by atoms with E-state index in [0.717, 1.165) is 44.1 Å². The lowest BCUT2D eigenvalue weighted by molar-refractivity contribution is -0.0503. The van der Waals surface area contributed by atoms with Crippen molar-refractivity contribution < 1.29 is 18.3 Å². The third-order valence-corrected chi connectivity index (χ3v) is 5.13. The van der Waals surface area contributed by atoms with Crippen LogP contribution in [0.2, 0.25) is 0 Å². The molecule has 1 amide bonds. The highest BCUT2D eigenvalue weighted by molar-refractivity contribution is 5.97. The van der Waals surface area contributed by atoms with E-state index >= 15 is 0 Å². The Morgan fingerprint density at radius 1 is 1.19 bits per heavy atom. The molecule has 0 unspecified atom stereocenters. The summed E-state index contributed by atoms with van der Waals surface area (Å²) in [6.45, 7) is 0.620. The van der Waals surface area contributed by atoms with Gasteiger partial charge in [0.2, 0.25) is 0 Å². The number of hydrogen-bond acceptors (Lipinski definition) is 5. The van der Waals surface area contributed by atoms with Crippen molar-refractivity contribution in [2.75, 3.05) is 19.6 Å². The predicted molar refractivity (Wildman–Crippen MR) is 92.7 cm³/mol. The topological polar surface area (TPSA) is 72.3 Å². The molecule has 0 saturated carbocycles. The summed E-state index contributed by atoms with van der Waals surface area (Å²) < 4.78 is 31.8. The maximum atomic E-state index is 12.8. The van der Waals surface area contributed by atoms with Crippen molar-refractivity contribution in [2.24, 2.45) is 0 Å². The summed E-state index contributed by atoms with van der Waals surface area (Å²) in [7, 11) is 0. The summed E-state index contributed by atoms with van der Waals surface area (Å²) >= 11 is 0.